The van der Waals surface area contributed by atoms with Crippen molar-refractivity contribution in [1.29, 1.82) is 0 Å². The van der Waals surface area contributed by atoms with Gasteiger partial charge in [0.2, 0.25) is 0 Å². The molecule has 1 heterocycles. The minimum absolute atomic E-state index is 0.466. The number of hydrogen-bond acceptors (Lipinski definition) is 3. The summed E-state index contributed by atoms with van der Waals surface area (Å²) in [5, 5.41) is 3.54. The van der Waals surface area contributed by atoms with Gasteiger partial charge in [-0.05, 0) is 25.8 Å². The Labute approximate surface area is 97.7 Å². The SMILES string of the molecule is CCNC1CCCCc2nc(CC)ncc21. The largest absolute Gasteiger partial charge is 0.310 e. The van der Waals surface area contributed by atoms with Crippen LogP contribution in [0.4, 0.5) is 0 Å². The van der Waals surface area contributed by atoms with Gasteiger partial charge in [0.1, 0.15) is 5.82 Å². The molecule has 0 aromatic carbocycles. The fraction of sp³-hybridized carbons (Fsp3) is 0.692. The molecule has 0 fully saturated rings. The topological polar surface area (TPSA) is 37.8 Å². The van der Waals surface area contributed by atoms with Crippen LogP contribution < -0.4 is 5.32 Å². The summed E-state index contributed by atoms with van der Waals surface area (Å²) in [5.74, 6) is 0.982. The first-order valence-electron chi connectivity index (χ1n) is 6.43. The van der Waals surface area contributed by atoms with Crippen LogP contribution in [0.25, 0.3) is 0 Å². The highest BCUT2D eigenvalue weighted by Gasteiger charge is 2.19. The van der Waals surface area contributed by atoms with E-state index in [9.17, 15) is 0 Å². The van der Waals surface area contributed by atoms with E-state index in [1.165, 1.54) is 30.5 Å². The fourth-order valence-corrected chi connectivity index (χ4v) is 2.38. The molecule has 0 radical (unpaired) electrons. The van der Waals surface area contributed by atoms with E-state index in [1.54, 1.807) is 0 Å². The van der Waals surface area contributed by atoms with Crippen molar-refractivity contribution in [1.82, 2.24) is 15.3 Å². The van der Waals surface area contributed by atoms with Crippen molar-refractivity contribution in [2.24, 2.45) is 0 Å². The Hall–Kier alpha value is -0.960. The molecular weight excluding hydrogens is 198 g/mol. The molecule has 16 heavy (non-hydrogen) atoms. The van der Waals surface area contributed by atoms with Gasteiger partial charge in [-0.15, -0.1) is 0 Å². The van der Waals surface area contributed by atoms with Gasteiger partial charge in [-0.25, -0.2) is 9.97 Å². The Kier molecular flexibility index (Phi) is 3.88. The van der Waals surface area contributed by atoms with Crippen LogP contribution in [0.1, 0.15) is 56.2 Å². The third-order valence-corrected chi connectivity index (χ3v) is 3.25. The predicted octanol–water partition coefficient (Wildman–Crippen LogP) is 2.42. The summed E-state index contributed by atoms with van der Waals surface area (Å²) in [7, 11) is 0. The van der Waals surface area contributed by atoms with Gasteiger partial charge in [0.25, 0.3) is 0 Å². The van der Waals surface area contributed by atoms with E-state index >= 15 is 0 Å². The third kappa shape index (κ3) is 2.40. The van der Waals surface area contributed by atoms with E-state index in [-0.39, 0.29) is 0 Å². The highest BCUT2D eigenvalue weighted by molar-refractivity contribution is 5.23. The zero-order valence-electron chi connectivity index (χ0n) is 10.3. The third-order valence-electron chi connectivity index (χ3n) is 3.25. The summed E-state index contributed by atoms with van der Waals surface area (Å²) >= 11 is 0. The van der Waals surface area contributed by atoms with Crippen molar-refractivity contribution in [2.75, 3.05) is 6.54 Å². The molecule has 1 unspecified atom stereocenters. The maximum absolute atomic E-state index is 4.67. The van der Waals surface area contributed by atoms with Crippen molar-refractivity contribution in [3.8, 4) is 0 Å². The van der Waals surface area contributed by atoms with Crippen molar-refractivity contribution in [2.45, 2.75) is 52.0 Å². The number of aryl methyl sites for hydroxylation is 2. The van der Waals surface area contributed by atoms with Crippen LogP contribution in [0.3, 0.4) is 0 Å². The van der Waals surface area contributed by atoms with E-state index in [2.05, 4.69) is 29.1 Å². The lowest BCUT2D eigenvalue weighted by Gasteiger charge is -2.17. The van der Waals surface area contributed by atoms with E-state index in [4.69, 9.17) is 0 Å². The minimum atomic E-state index is 0.466. The molecule has 1 aliphatic rings. The molecule has 2 rings (SSSR count). The molecule has 0 saturated heterocycles. The Bertz CT molecular complexity index is 349. The van der Waals surface area contributed by atoms with Gasteiger partial charge in [0.15, 0.2) is 0 Å². The first-order valence-corrected chi connectivity index (χ1v) is 6.43. The zero-order valence-corrected chi connectivity index (χ0v) is 10.3. The standard InChI is InChI=1S/C13H21N3/c1-3-13-15-9-10-11(14-4-2)7-5-6-8-12(10)16-13/h9,11,14H,3-8H2,1-2H3. The highest BCUT2D eigenvalue weighted by Crippen LogP contribution is 2.26. The Balaban J connectivity index is 2.30. The Morgan fingerprint density at radius 1 is 1.38 bits per heavy atom. The number of aromatic nitrogens is 2. The van der Waals surface area contributed by atoms with Crippen molar-refractivity contribution >= 4 is 0 Å². The van der Waals surface area contributed by atoms with Crippen LogP contribution in [0, 0.1) is 0 Å². The summed E-state index contributed by atoms with van der Waals surface area (Å²) in [5.41, 5.74) is 2.60. The van der Waals surface area contributed by atoms with Crippen LogP contribution in [0.15, 0.2) is 6.20 Å². The molecule has 1 atom stereocenters. The molecule has 1 N–H and O–H groups in total. The van der Waals surface area contributed by atoms with Gasteiger partial charge >= 0.3 is 0 Å². The lowest BCUT2D eigenvalue weighted by atomic mass is 10.0. The summed E-state index contributed by atoms with van der Waals surface area (Å²) in [6, 6.07) is 0.466. The zero-order chi connectivity index (χ0) is 11.4. The quantitative estimate of drug-likeness (QED) is 0.793. The minimum Gasteiger partial charge on any atom is -0.310 e. The maximum Gasteiger partial charge on any atom is 0.128 e. The van der Waals surface area contributed by atoms with Gasteiger partial charge < -0.3 is 5.32 Å². The monoisotopic (exact) mass is 219 g/mol. The molecule has 0 saturated carbocycles. The predicted molar refractivity (Wildman–Crippen MR) is 65.4 cm³/mol. The molecule has 3 nitrogen and oxygen atoms in total. The summed E-state index contributed by atoms with van der Waals surface area (Å²) in [4.78, 5) is 9.11. The van der Waals surface area contributed by atoms with E-state index in [1.807, 2.05) is 6.20 Å². The Morgan fingerprint density at radius 2 is 2.25 bits per heavy atom. The Morgan fingerprint density at radius 3 is 3.00 bits per heavy atom. The smallest absolute Gasteiger partial charge is 0.128 e. The first kappa shape index (κ1) is 11.5. The average Bonchev–Trinajstić information content (AvgIpc) is 2.52. The second-order valence-electron chi connectivity index (χ2n) is 4.40. The van der Waals surface area contributed by atoms with Gasteiger partial charge in [0, 0.05) is 29.9 Å². The molecule has 0 amide bonds. The fourth-order valence-electron chi connectivity index (χ4n) is 2.38. The normalized spacial score (nSPS) is 20.2. The van der Waals surface area contributed by atoms with E-state index < -0.39 is 0 Å². The van der Waals surface area contributed by atoms with Crippen LogP contribution in [0.5, 0.6) is 0 Å². The molecule has 1 aromatic rings. The number of rotatable bonds is 3. The summed E-state index contributed by atoms with van der Waals surface area (Å²) in [6.07, 6.45) is 7.85. The molecule has 0 bridgehead atoms. The molecule has 88 valence electrons. The van der Waals surface area contributed by atoms with Gasteiger partial charge in [-0.2, -0.15) is 0 Å². The molecule has 1 aromatic heterocycles. The summed E-state index contributed by atoms with van der Waals surface area (Å²) in [6.45, 7) is 5.28. The number of nitrogens with zero attached hydrogens (tertiary/aromatic N) is 2. The lowest BCUT2D eigenvalue weighted by molar-refractivity contribution is 0.502. The molecule has 1 aliphatic carbocycles. The van der Waals surface area contributed by atoms with Gasteiger partial charge in [0.05, 0.1) is 0 Å². The molecule has 3 heteroatoms. The molecule has 0 spiro atoms. The van der Waals surface area contributed by atoms with E-state index in [0.717, 1.165) is 25.2 Å². The number of hydrogen-bond donors (Lipinski definition) is 1. The molecule has 0 aliphatic heterocycles. The van der Waals surface area contributed by atoms with Crippen LogP contribution in [0.2, 0.25) is 0 Å². The molecular formula is C13H21N3. The lowest BCUT2D eigenvalue weighted by Crippen LogP contribution is -2.22. The van der Waals surface area contributed by atoms with Crippen molar-refractivity contribution in [3.05, 3.63) is 23.3 Å². The van der Waals surface area contributed by atoms with Crippen molar-refractivity contribution in [3.63, 3.8) is 0 Å². The van der Waals surface area contributed by atoms with Crippen LogP contribution >= 0.6 is 0 Å². The highest BCUT2D eigenvalue weighted by atomic mass is 14.9. The van der Waals surface area contributed by atoms with E-state index in [0.29, 0.717) is 6.04 Å². The van der Waals surface area contributed by atoms with Gasteiger partial charge in [-0.1, -0.05) is 20.3 Å². The second kappa shape index (κ2) is 5.39. The van der Waals surface area contributed by atoms with Crippen LogP contribution in [-0.4, -0.2) is 16.5 Å². The number of fused-ring (bicyclic) bond motifs is 1. The van der Waals surface area contributed by atoms with Gasteiger partial charge in [-0.3, -0.25) is 0 Å². The second-order valence-corrected chi connectivity index (χ2v) is 4.40. The number of nitrogens with one attached hydrogen (secondary N) is 1. The summed E-state index contributed by atoms with van der Waals surface area (Å²) < 4.78 is 0. The first-order chi connectivity index (χ1) is 7.85. The average molecular weight is 219 g/mol. The van der Waals surface area contributed by atoms with Crippen molar-refractivity contribution < 1.29 is 0 Å². The van der Waals surface area contributed by atoms with Crippen LogP contribution in [-0.2, 0) is 12.8 Å². The maximum atomic E-state index is 4.67.